The van der Waals surface area contributed by atoms with Gasteiger partial charge in [-0.25, -0.2) is 0 Å². The fraction of sp³-hybridized carbons (Fsp3) is 0.889. The van der Waals surface area contributed by atoms with Gasteiger partial charge in [-0.1, -0.05) is 71.6 Å². The standard InChI is InChI=1S/C18H32Cl2O2/c1-15(16(2)18(20)22)13-11-9-7-5-3-4-6-8-10-12-14-17(19)21/h15-16H,3-14H2,1-2H3. The molecule has 0 aromatic carbocycles. The van der Waals surface area contributed by atoms with Crippen LogP contribution in [0, 0.1) is 11.8 Å². The molecule has 2 nitrogen and oxygen atoms in total. The molecular weight excluding hydrogens is 319 g/mol. The van der Waals surface area contributed by atoms with E-state index in [1.54, 1.807) is 0 Å². The van der Waals surface area contributed by atoms with Crippen molar-refractivity contribution in [2.24, 2.45) is 11.8 Å². The third-order valence-electron chi connectivity index (χ3n) is 4.49. The molecule has 0 rings (SSSR count). The average molecular weight is 351 g/mol. The van der Waals surface area contributed by atoms with Crippen LogP contribution in [0.5, 0.6) is 0 Å². The van der Waals surface area contributed by atoms with E-state index in [2.05, 4.69) is 6.92 Å². The van der Waals surface area contributed by atoms with Crippen LogP contribution in [0.15, 0.2) is 0 Å². The molecule has 22 heavy (non-hydrogen) atoms. The van der Waals surface area contributed by atoms with E-state index in [0.717, 1.165) is 19.3 Å². The number of halogens is 2. The van der Waals surface area contributed by atoms with E-state index in [1.807, 2.05) is 6.92 Å². The summed E-state index contributed by atoms with van der Waals surface area (Å²) in [7, 11) is 0. The van der Waals surface area contributed by atoms with Gasteiger partial charge in [0.2, 0.25) is 10.5 Å². The molecule has 0 aliphatic heterocycles. The lowest BCUT2D eigenvalue weighted by molar-refractivity contribution is -0.116. The van der Waals surface area contributed by atoms with Crippen LogP contribution in [-0.2, 0) is 9.59 Å². The van der Waals surface area contributed by atoms with Gasteiger partial charge in [-0.05, 0) is 42.0 Å². The number of rotatable bonds is 15. The minimum atomic E-state index is -0.209. The Hall–Kier alpha value is -0.0800. The topological polar surface area (TPSA) is 34.1 Å². The highest BCUT2D eigenvalue weighted by Crippen LogP contribution is 2.21. The number of carbonyl (C=O) groups excluding carboxylic acids is 2. The van der Waals surface area contributed by atoms with Gasteiger partial charge in [0.15, 0.2) is 0 Å². The van der Waals surface area contributed by atoms with Gasteiger partial charge in [0.1, 0.15) is 0 Å². The number of carbonyl (C=O) groups is 2. The summed E-state index contributed by atoms with van der Waals surface area (Å²) in [4.78, 5) is 21.6. The van der Waals surface area contributed by atoms with Crippen LogP contribution in [0.1, 0.15) is 90.9 Å². The SMILES string of the molecule is CC(CCCCCCCCCCCCC(=O)Cl)C(C)C(=O)Cl. The molecule has 0 heterocycles. The highest BCUT2D eigenvalue weighted by molar-refractivity contribution is 6.64. The van der Waals surface area contributed by atoms with E-state index in [4.69, 9.17) is 23.2 Å². The molecule has 0 N–H and O–H groups in total. The lowest BCUT2D eigenvalue weighted by Crippen LogP contribution is -2.14. The van der Waals surface area contributed by atoms with E-state index in [-0.39, 0.29) is 16.4 Å². The molecular formula is C18H32Cl2O2. The van der Waals surface area contributed by atoms with Crippen molar-refractivity contribution in [2.45, 2.75) is 90.9 Å². The number of hydrogen-bond donors (Lipinski definition) is 0. The van der Waals surface area contributed by atoms with Crippen molar-refractivity contribution in [1.29, 1.82) is 0 Å². The van der Waals surface area contributed by atoms with E-state index in [1.165, 1.54) is 51.4 Å². The van der Waals surface area contributed by atoms with Crippen LogP contribution in [0.2, 0.25) is 0 Å². The van der Waals surface area contributed by atoms with Gasteiger partial charge in [0.05, 0.1) is 0 Å². The van der Waals surface area contributed by atoms with Gasteiger partial charge in [-0.15, -0.1) is 0 Å². The summed E-state index contributed by atoms with van der Waals surface area (Å²) in [5.74, 6) is 0.376. The summed E-state index contributed by atoms with van der Waals surface area (Å²) in [5.41, 5.74) is 0. The predicted octanol–water partition coefficient (Wildman–Crippen LogP) is 6.47. The first kappa shape index (κ1) is 21.9. The molecule has 130 valence electrons. The number of hydrogen-bond acceptors (Lipinski definition) is 2. The maximum absolute atomic E-state index is 11.1. The smallest absolute Gasteiger partial charge is 0.224 e. The Morgan fingerprint density at radius 1 is 0.727 bits per heavy atom. The van der Waals surface area contributed by atoms with Gasteiger partial charge < -0.3 is 0 Å². The quantitative estimate of drug-likeness (QED) is 0.250. The van der Waals surface area contributed by atoms with E-state index in [9.17, 15) is 9.59 Å². The van der Waals surface area contributed by atoms with Crippen molar-refractivity contribution in [3.63, 3.8) is 0 Å². The third kappa shape index (κ3) is 13.6. The van der Waals surface area contributed by atoms with Gasteiger partial charge in [-0.2, -0.15) is 0 Å². The zero-order valence-corrected chi connectivity index (χ0v) is 15.7. The Morgan fingerprint density at radius 3 is 1.55 bits per heavy atom. The molecule has 0 saturated heterocycles. The Labute approximate surface area is 146 Å². The lowest BCUT2D eigenvalue weighted by atomic mass is 9.91. The maximum Gasteiger partial charge on any atom is 0.224 e. The predicted molar refractivity (Wildman–Crippen MR) is 95.5 cm³/mol. The van der Waals surface area contributed by atoms with Crippen molar-refractivity contribution >= 4 is 33.7 Å². The fourth-order valence-electron chi connectivity index (χ4n) is 2.62. The zero-order chi connectivity index (χ0) is 16.8. The summed E-state index contributed by atoms with van der Waals surface area (Å²) in [6.07, 6.45) is 13.8. The van der Waals surface area contributed by atoms with Gasteiger partial charge >= 0.3 is 0 Å². The Morgan fingerprint density at radius 2 is 1.14 bits per heavy atom. The Balaban J connectivity index is 3.24. The molecule has 4 heteroatoms. The van der Waals surface area contributed by atoms with Gasteiger partial charge in [-0.3, -0.25) is 9.59 Å². The normalized spacial score (nSPS) is 13.8. The summed E-state index contributed by atoms with van der Waals surface area (Å²) < 4.78 is 0. The van der Waals surface area contributed by atoms with Crippen molar-refractivity contribution in [3.05, 3.63) is 0 Å². The van der Waals surface area contributed by atoms with Crippen molar-refractivity contribution in [2.75, 3.05) is 0 Å². The van der Waals surface area contributed by atoms with Gasteiger partial charge in [0, 0.05) is 12.3 Å². The largest absolute Gasteiger partial charge is 0.281 e. The van der Waals surface area contributed by atoms with Crippen molar-refractivity contribution < 1.29 is 9.59 Å². The van der Waals surface area contributed by atoms with Crippen molar-refractivity contribution in [3.8, 4) is 0 Å². The molecule has 2 unspecified atom stereocenters. The van der Waals surface area contributed by atoms with Crippen LogP contribution in [0.4, 0.5) is 0 Å². The molecule has 0 amide bonds. The Bertz CT molecular complexity index is 305. The molecule has 0 spiro atoms. The first-order chi connectivity index (χ1) is 10.4. The third-order valence-corrected chi connectivity index (χ3v) is 5.03. The van der Waals surface area contributed by atoms with Crippen molar-refractivity contribution in [1.82, 2.24) is 0 Å². The zero-order valence-electron chi connectivity index (χ0n) is 14.2. The van der Waals surface area contributed by atoms with Crippen LogP contribution in [-0.4, -0.2) is 10.5 Å². The van der Waals surface area contributed by atoms with E-state index >= 15 is 0 Å². The Kier molecular flexibility index (Phi) is 14.5. The molecule has 0 radical (unpaired) electrons. The molecule has 0 saturated carbocycles. The van der Waals surface area contributed by atoms with Crippen LogP contribution < -0.4 is 0 Å². The second-order valence-corrected chi connectivity index (χ2v) is 7.29. The number of unbranched alkanes of at least 4 members (excludes halogenated alkanes) is 9. The van der Waals surface area contributed by atoms with Crippen LogP contribution in [0.25, 0.3) is 0 Å². The van der Waals surface area contributed by atoms with Gasteiger partial charge in [0.25, 0.3) is 0 Å². The molecule has 0 bridgehead atoms. The lowest BCUT2D eigenvalue weighted by Gasteiger charge is -2.15. The maximum atomic E-state index is 11.1. The molecule has 0 aromatic heterocycles. The summed E-state index contributed by atoms with van der Waals surface area (Å²) >= 11 is 10.8. The summed E-state index contributed by atoms with van der Waals surface area (Å²) in [6.45, 7) is 4.03. The van der Waals surface area contributed by atoms with Crippen LogP contribution >= 0.6 is 23.2 Å². The minimum Gasteiger partial charge on any atom is -0.281 e. The highest BCUT2D eigenvalue weighted by atomic mass is 35.5. The molecule has 0 aliphatic rings. The fourth-order valence-corrected chi connectivity index (χ4v) is 2.97. The first-order valence-corrected chi connectivity index (χ1v) is 9.58. The average Bonchev–Trinajstić information content (AvgIpc) is 2.46. The van der Waals surface area contributed by atoms with E-state index in [0.29, 0.717) is 12.3 Å². The molecule has 0 aromatic rings. The van der Waals surface area contributed by atoms with E-state index < -0.39 is 0 Å². The molecule has 2 atom stereocenters. The summed E-state index contributed by atoms with van der Waals surface area (Å²) in [5, 5.41) is -0.415. The highest BCUT2D eigenvalue weighted by Gasteiger charge is 2.17. The second kappa shape index (κ2) is 14.5. The monoisotopic (exact) mass is 350 g/mol. The minimum absolute atomic E-state index is 0.0178. The summed E-state index contributed by atoms with van der Waals surface area (Å²) in [6, 6.07) is 0. The van der Waals surface area contributed by atoms with Crippen LogP contribution in [0.3, 0.4) is 0 Å². The first-order valence-electron chi connectivity index (χ1n) is 8.82. The molecule has 0 aliphatic carbocycles. The second-order valence-electron chi connectivity index (χ2n) is 6.50. The molecule has 0 fully saturated rings.